The van der Waals surface area contributed by atoms with E-state index in [4.69, 9.17) is 11.6 Å². The number of nitrogens with one attached hydrogen (secondary N) is 1. The molecule has 19 heavy (non-hydrogen) atoms. The van der Waals surface area contributed by atoms with Gasteiger partial charge in [-0.3, -0.25) is 0 Å². The third kappa shape index (κ3) is 3.62. The molecule has 1 aliphatic heterocycles. The Hall–Kier alpha value is -0.770. The average molecular weight is 282 g/mol. The molecule has 1 aromatic rings. The Kier molecular flexibility index (Phi) is 5.08. The number of likely N-dealkylation sites (tertiary alicyclic amines) is 1. The van der Waals surface area contributed by atoms with E-state index in [0.717, 1.165) is 23.7 Å². The van der Waals surface area contributed by atoms with Crippen molar-refractivity contribution >= 4 is 17.3 Å². The van der Waals surface area contributed by atoms with Gasteiger partial charge in [-0.15, -0.1) is 0 Å². The second-order valence-corrected chi connectivity index (χ2v) is 5.88. The van der Waals surface area contributed by atoms with Gasteiger partial charge in [-0.25, -0.2) is 0 Å². The lowest BCUT2D eigenvalue weighted by atomic mass is 10.0. The van der Waals surface area contributed by atoms with Crippen molar-refractivity contribution in [2.24, 2.45) is 0 Å². The number of piperidine rings is 1. The van der Waals surface area contributed by atoms with Gasteiger partial charge in [-0.1, -0.05) is 17.7 Å². The molecule has 1 heterocycles. The van der Waals surface area contributed by atoms with E-state index in [9.17, 15) is 0 Å². The summed E-state index contributed by atoms with van der Waals surface area (Å²) in [4.78, 5) is 4.77. The maximum atomic E-state index is 6.34. The van der Waals surface area contributed by atoms with Crippen molar-refractivity contribution < 1.29 is 0 Å². The quantitative estimate of drug-likeness (QED) is 0.915. The molecule has 1 aliphatic rings. The third-order valence-electron chi connectivity index (χ3n) is 3.96. The molecule has 0 bridgehead atoms. The average Bonchev–Trinajstić information content (AvgIpc) is 2.40. The summed E-state index contributed by atoms with van der Waals surface area (Å²) in [5.74, 6) is 0. The molecular weight excluding hydrogens is 258 g/mol. The van der Waals surface area contributed by atoms with Crippen LogP contribution in [0.4, 0.5) is 5.69 Å². The van der Waals surface area contributed by atoms with Crippen molar-refractivity contribution in [3.63, 3.8) is 0 Å². The molecule has 3 nitrogen and oxygen atoms in total. The van der Waals surface area contributed by atoms with Gasteiger partial charge in [0.1, 0.15) is 0 Å². The van der Waals surface area contributed by atoms with Crippen molar-refractivity contribution in [1.82, 2.24) is 10.2 Å². The van der Waals surface area contributed by atoms with Crippen LogP contribution in [0.1, 0.15) is 18.4 Å². The maximum absolute atomic E-state index is 6.34. The molecule has 1 atom stereocenters. The summed E-state index contributed by atoms with van der Waals surface area (Å²) in [7, 11) is 6.31. The first-order valence-electron chi connectivity index (χ1n) is 6.96. The van der Waals surface area contributed by atoms with E-state index in [1.54, 1.807) is 0 Å². The maximum Gasteiger partial charge on any atom is 0.0471 e. The molecule has 0 amide bonds. The van der Waals surface area contributed by atoms with Gasteiger partial charge in [0, 0.05) is 36.9 Å². The zero-order valence-corrected chi connectivity index (χ0v) is 12.9. The van der Waals surface area contributed by atoms with Crippen LogP contribution in [-0.2, 0) is 6.54 Å². The van der Waals surface area contributed by atoms with Crippen molar-refractivity contribution in [2.75, 3.05) is 39.1 Å². The number of hydrogen-bond acceptors (Lipinski definition) is 3. The fraction of sp³-hybridized carbons (Fsp3) is 0.600. The van der Waals surface area contributed by atoms with Crippen LogP contribution in [0.3, 0.4) is 0 Å². The normalized spacial score (nSPS) is 20.5. The van der Waals surface area contributed by atoms with E-state index < -0.39 is 0 Å². The largest absolute Gasteiger partial charge is 0.370 e. The molecule has 0 aromatic heterocycles. The Balaban J connectivity index is 2.10. The van der Waals surface area contributed by atoms with E-state index in [2.05, 4.69) is 47.4 Å². The summed E-state index contributed by atoms with van der Waals surface area (Å²) >= 11 is 6.34. The SMILES string of the molecule is CNCc1ccc(N(C)C2CCCN(C)C2)cc1Cl. The highest BCUT2D eigenvalue weighted by atomic mass is 35.5. The minimum absolute atomic E-state index is 0.588. The number of benzene rings is 1. The van der Waals surface area contributed by atoms with Crippen LogP contribution in [-0.4, -0.2) is 45.2 Å². The van der Waals surface area contributed by atoms with Crippen molar-refractivity contribution in [3.8, 4) is 0 Å². The fourth-order valence-corrected chi connectivity index (χ4v) is 3.00. The molecule has 2 rings (SSSR count). The van der Waals surface area contributed by atoms with Crippen LogP contribution in [0, 0.1) is 0 Å². The number of rotatable bonds is 4. The summed E-state index contributed by atoms with van der Waals surface area (Å²) in [6.07, 6.45) is 2.54. The summed E-state index contributed by atoms with van der Waals surface area (Å²) < 4.78 is 0. The molecule has 0 spiro atoms. The van der Waals surface area contributed by atoms with Crippen LogP contribution in [0.5, 0.6) is 0 Å². The highest BCUT2D eigenvalue weighted by Crippen LogP contribution is 2.26. The predicted octanol–water partition coefficient (Wildman–Crippen LogP) is 2.59. The Bertz CT molecular complexity index is 422. The van der Waals surface area contributed by atoms with E-state index in [-0.39, 0.29) is 0 Å². The number of halogens is 1. The van der Waals surface area contributed by atoms with Gasteiger partial charge >= 0.3 is 0 Å². The van der Waals surface area contributed by atoms with E-state index >= 15 is 0 Å². The minimum Gasteiger partial charge on any atom is -0.370 e. The molecule has 0 aliphatic carbocycles. The fourth-order valence-electron chi connectivity index (χ4n) is 2.76. The first kappa shape index (κ1) is 14.6. The van der Waals surface area contributed by atoms with Crippen molar-refractivity contribution in [3.05, 3.63) is 28.8 Å². The van der Waals surface area contributed by atoms with Gasteiger partial charge in [0.2, 0.25) is 0 Å². The van der Waals surface area contributed by atoms with Crippen LogP contribution in [0.15, 0.2) is 18.2 Å². The van der Waals surface area contributed by atoms with Gasteiger partial charge < -0.3 is 15.1 Å². The highest BCUT2D eigenvalue weighted by Gasteiger charge is 2.21. The van der Waals surface area contributed by atoms with Gasteiger partial charge in [-0.05, 0) is 51.2 Å². The predicted molar refractivity (Wildman–Crippen MR) is 83.1 cm³/mol. The summed E-state index contributed by atoms with van der Waals surface area (Å²) in [5, 5.41) is 3.99. The zero-order chi connectivity index (χ0) is 13.8. The second kappa shape index (κ2) is 6.60. The number of anilines is 1. The lowest BCUT2D eigenvalue weighted by Gasteiger charge is -2.37. The number of likely N-dealkylation sites (N-methyl/N-ethyl adjacent to an activating group) is 2. The van der Waals surface area contributed by atoms with E-state index in [1.807, 2.05) is 7.05 Å². The summed E-state index contributed by atoms with van der Waals surface area (Å²) in [6.45, 7) is 3.16. The zero-order valence-electron chi connectivity index (χ0n) is 12.1. The molecule has 4 heteroatoms. The molecule has 1 N–H and O–H groups in total. The van der Waals surface area contributed by atoms with Crippen molar-refractivity contribution in [2.45, 2.75) is 25.4 Å². The first-order valence-corrected chi connectivity index (χ1v) is 7.34. The summed E-state index contributed by atoms with van der Waals surface area (Å²) in [5.41, 5.74) is 2.37. The minimum atomic E-state index is 0.588. The molecule has 1 fully saturated rings. The smallest absolute Gasteiger partial charge is 0.0471 e. The van der Waals surface area contributed by atoms with Gasteiger partial charge in [0.05, 0.1) is 0 Å². The van der Waals surface area contributed by atoms with Crippen molar-refractivity contribution in [1.29, 1.82) is 0 Å². The topological polar surface area (TPSA) is 18.5 Å². The molecule has 1 aromatic carbocycles. The molecule has 1 unspecified atom stereocenters. The molecule has 0 radical (unpaired) electrons. The highest BCUT2D eigenvalue weighted by molar-refractivity contribution is 6.31. The Morgan fingerprint density at radius 2 is 2.26 bits per heavy atom. The van der Waals surface area contributed by atoms with Crippen LogP contribution < -0.4 is 10.2 Å². The van der Waals surface area contributed by atoms with E-state index in [1.165, 1.54) is 25.1 Å². The Morgan fingerprint density at radius 3 is 2.89 bits per heavy atom. The molecule has 106 valence electrons. The van der Waals surface area contributed by atoms with Gasteiger partial charge in [-0.2, -0.15) is 0 Å². The Morgan fingerprint density at radius 1 is 1.47 bits per heavy atom. The number of hydrogen-bond donors (Lipinski definition) is 1. The van der Waals surface area contributed by atoms with Crippen LogP contribution in [0.2, 0.25) is 5.02 Å². The lowest BCUT2D eigenvalue weighted by molar-refractivity contribution is 0.248. The first-order chi connectivity index (χ1) is 9.11. The third-order valence-corrected chi connectivity index (χ3v) is 4.31. The van der Waals surface area contributed by atoms with Crippen LogP contribution >= 0.6 is 11.6 Å². The molecular formula is C15H24ClN3. The second-order valence-electron chi connectivity index (χ2n) is 5.48. The van der Waals surface area contributed by atoms with E-state index in [0.29, 0.717) is 6.04 Å². The molecule has 0 saturated carbocycles. The number of nitrogens with zero attached hydrogens (tertiary/aromatic N) is 2. The Labute approximate surface area is 121 Å². The van der Waals surface area contributed by atoms with Gasteiger partial charge in [0.25, 0.3) is 0 Å². The molecule has 1 saturated heterocycles. The lowest BCUT2D eigenvalue weighted by Crippen LogP contribution is -2.45. The summed E-state index contributed by atoms with van der Waals surface area (Å²) in [6, 6.07) is 6.97. The van der Waals surface area contributed by atoms with Gasteiger partial charge in [0.15, 0.2) is 0 Å². The standard InChI is InChI=1S/C15H24ClN3/c1-17-10-12-6-7-13(9-15(12)16)19(3)14-5-4-8-18(2)11-14/h6-7,9,14,17H,4-5,8,10-11H2,1-3H3. The monoisotopic (exact) mass is 281 g/mol. The van der Waals surface area contributed by atoms with Crippen LogP contribution in [0.25, 0.3) is 0 Å².